The van der Waals surface area contributed by atoms with E-state index in [4.69, 9.17) is 16.6 Å². The number of thiocarbonyl (C=S) groups is 1. The molecule has 124 valence electrons. The monoisotopic (exact) mass is 346 g/mol. The summed E-state index contributed by atoms with van der Waals surface area (Å²) in [6.07, 6.45) is 0. The van der Waals surface area contributed by atoms with Gasteiger partial charge in [0.15, 0.2) is 5.11 Å². The second-order valence-corrected chi connectivity index (χ2v) is 6.61. The topological polar surface area (TPSA) is 37.2 Å². The Hall–Kier alpha value is -2.85. The molecule has 0 unspecified atom stereocenters. The Morgan fingerprint density at radius 1 is 0.840 bits per heavy atom. The Balaban J connectivity index is 1.58. The van der Waals surface area contributed by atoms with Crippen LogP contribution in [0.3, 0.4) is 0 Å². The largest absolute Gasteiger partial charge is 0.456 e. The summed E-state index contributed by atoms with van der Waals surface area (Å²) in [6, 6.07) is 20.4. The lowest BCUT2D eigenvalue weighted by molar-refractivity contribution is 0.669. The first kappa shape index (κ1) is 15.7. The number of benzene rings is 3. The number of rotatable bonds is 2. The highest BCUT2D eigenvalue weighted by Crippen LogP contribution is 2.30. The predicted octanol–water partition coefficient (Wildman–Crippen LogP) is 6.01. The molecule has 0 spiro atoms. The van der Waals surface area contributed by atoms with Crippen LogP contribution in [-0.2, 0) is 0 Å². The average molecular weight is 346 g/mol. The zero-order chi connectivity index (χ0) is 17.4. The second kappa shape index (κ2) is 6.22. The number of para-hydroxylation sites is 1. The van der Waals surface area contributed by atoms with E-state index in [1.807, 2.05) is 30.3 Å². The van der Waals surface area contributed by atoms with Crippen molar-refractivity contribution in [2.75, 3.05) is 10.6 Å². The van der Waals surface area contributed by atoms with Gasteiger partial charge in [0.2, 0.25) is 0 Å². The van der Waals surface area contributed by atoms with Gasteiger partial charge in [0, 0.05) is 28.2 Å². The number of fused-ring (bicyclic) bond motifs is 3. The fraction of sp³-hybridized carbons (Fsp3) is 0.0952. The number of anilines is 2. The van der Waals surface area contributed by atoms with Crippen molar-refractivity contribution in [3.63, 3.8) is 0 Å². The molecule has 3 aromatic carbocycles. The number of furan rings is 1. The Kier molecular flexibility index (Phi) is 3.90. The third-order valence-corrected chi connectivity index (χ3v) is 4.48. The highest BCUT2D eigenvalue weighted by molar-refractivity contribution is 7.80. The van der Waals surface area contributed by atoms with Crippen LogP contribution in [0.1, 0.15) is 11.1 Å². The molecular formula is C21H18N2OS. The van der Waals surface area contributed by atoms with Crippen molar-refractivity contribution in [3.05, 3.63) is 71.8 Å². The molecule has 0 radical (unpaired) electrons. The van der Waals surface area contributed by atoms with E-state index >= 15 is 0 Å². The van der Waals surface area contributed by atoms with Gasteiger partial charge in [0.1, 0.15) is 11.2 Å². The van der Waals surface area contributed by atoms with Crippen molar-refractivity contribution in [2.24, 2.45) is 0 Å². The van der Waals surface area contributed by atoms with Crippen LogP contribution < -0.4 is 10.6 Å². The molecule has 0 aliphatic carbocycles. The molecule has 4 heteroatoms. The summed E-state index contributed by atoms with van der Waals surface area (Å²) in [5.41, 5.74) is 6.00. The Morgan fingerprint density at radius 3 is 2.52 bits per heavy atom. The molecule has 0 bridgehead atoms. The maximum absolute atomic E-state index is 5.92. The molecule has 1 heterocycles. The van der Waals surface area contributed by atoms with Crippen molar-refractivity contribution >= 4 is 50.6 Å². The Labute approximate surface area is 151 Å². The minimum atomic E-state index is 0.559. The summed E-state index contributed by atoms with van der Waals surface area (Å²) in [7, 11) is 0. The zero-order valence-electron chi connectivity index (χ0n) is 14.1. The predicted molar refractivity (Wildman–Crippen MR) is 109 cm³/mol. The van der Waals surface area contributed by atoms with Crippen LogP contribution in [0.5, 0.6) is 0 Å². The van der Waals surface area contributed by atoms with Crippen LogP contribution in [-0.4, -0.2) is 5.11 Å². The molecule has 0 fully saturated rings. The van der Waals surface area contributed by atoms with E-state index in [9.17, 15) is 0 Å². The maximum atomic E-state index is 5.92. The number of hydrogen-bond donors (Lipinski definition) is 2. The van der Waals surface area contributed by atoms with E-state index in [1.165, 1.54) is 5.56 Å². The SMILES string of the molecule is Cc1ccc(C)c(NC(=S)Nc2ccc3c(c2)oc2ccccc23)c1. The highest BCUT2D eigenvalue weighted by Gasteiger charge is 2.08. The van der Waals surface area contributed by atoms with E-state index in [1.54, 1.807) is 0 Å². The summed E-state index contributed by atoms with van der Waals surface area (Å²) >= 11 is 5.46. The van der Waals surface area contributed by atoms with Gasteiger partial charge in [-0.1, -0.05) is 30.3 Å². The van der Waals surface area contributed by atoms with Gasteiger partial charge in [0.25, 0.3) is 0 Å². The lowest BCUT2D eigenvalue weighted by Crippen LogP contribution is -2.19. The van der Waals surface area contributed by atoms with Crippen LogP contribution in [0.25, 0.3) is 21.9 Å². The average Bonchev–Trinajstić information content (AvgIpc) is 2.95. The lowest BCUT2D eigenvalue weighted by atomic mass is 10.1. The quantitative estimate of drug-likeness (QED) is 0.436. The minimum absolute atomic E-state index is 0.559. The zero-order valence-corrected chi connectivity index (χ0v) is 14.9. The molecule has 0 amide bonds. The Morgan fingerprint density at radius 2 is 1.64 bits per heavy atom. The summed E-state index contributed by atoms with van der Waals surface area (Å²) in [5.74, 6) is 0. The van der Waals surface area contributed by atoms with Gasteiger partial charge in [-0.25, -0.2) is 0 Å². The third-order valence-electron chi connectivity index (χ3n) is 4.28. The van der Waals surface area contributed by atoms with Crippen LogP contribution >= 0.6 is 12.2 Å². The Bertz CT molecular complexity index is 1100. The van der Waals surface area contributed by atoms with E-state index in [0.717, 1.165) is 38.9 Å². The maximum Gasteiger partial charge on any atom is 0.175 e. The van der Waals surface area contributed by atoms with Gasteiger partial charge in [0.05, 0.1) is 0 Å². The van der Waals surface area contributed by atoms with Crippen molar-refractivity contribution in [3.8, 4) is 0 Å². The van der Waals surface area contributed by atoms with Crippen molar-refractivity contribution in [1.29, 1.82) is 0 Å². The van der Waals surface area contributed by atoms with E-state index < -0.39 is 0 Å². The summed E-state index contributed by atoms with van der Waals surface area (Å²) in [5, 5.41) is 9.29. The van der Waals surface area contributed by atoms with Gasteiger partial charge in [-0.05, 0) is 61.5 Å². The van der Waals surface area contributed by atoms with E-state index in [-0.39, 0.29) is 0 Å². The van der Waals surface area contributed by atoms with Gasteiger partial charge in [-0.2, -0.15) is 0 Å². The number of hydrogen-bond acceptors (Lipinski definition) is 2. The highest BCUT2D eigenvalue weighted by atomic mass is 32.1. The van der Waals surface area contributed by atoms with Gasteiger partial charge >= 0.3 is 0 Å². The van der Waals surface area contributed by atoms with E-state index in [2.05, 4.69) is 54.8 Å². The van der Waals surface area contributed by atoms with Gasteiger partial charge < -0.3 is 15.1 Å². The molecule has 0 aliphatic heterocycles. The lowest BCUT2D eigenvalue weighted by Gasteiger charge is -2.13. The molecule has 0 saturated carbocycles. The minimum Gasteiger partial charge on any atom is -0.456 e. The first-order valence-corrected chi connectivity index (χ1v) is 8.57. The van der Waals surface area contributed by atoms with Crippen molar-refractivity contribution < 1.29 is 4.42 Å². The standard InChI is InChI=1S/C21H18N2OS/c1-13-7-8-14(2)18(11-13)23-21(25)22-15-9-10-17-16-5-3-4-6-19(16)24-20(17)12-15/h3-12H,1-2H3,(H2,22,23,25). The molecule has 1 aromatic heterocycles. The fourth-order valence-electron chi connectivity index (χ4n) is 2.96. The molecule has 0 aliphatic rings. The summed E-state index contributed by atoms with van der Waals surface area (Å²) < 4.78 is 5.92. The normalized spacial score (nSPS) is 11.0. The van der Waals surface area contributed by atoms with Gasteiger partial charge in [-0.3, -0.25) is 0 Å². The van der Waals surface area contributed by atoms with Crippen molar-refractivity contribution in [2.45, 2.75) is 13.8 Å². The molecule has 25 heavy (non-hydrogen) atoms. The molecule has 0 saturated heterocycles. The molecular weight excluding hydrogens is 328 g/mol. The first-order valence-electron chi connectivity index (χ1n) is 8.17. The smallest absolute Gasteiger partial charge is 0.175 e. The van der Waals surface area contributed by atoms with Gasteiger partial charge in [-0.15, -0.1) is 0 Å². The van der Waals surface area contributed by atoms with E-state index in [0.29, 0.717) is 5.11 Å². The van der Waals surface area contributed by atoms with Crippen LogP contribution in [0, 0.1) is 13.8 Å². The fourth-order valence-corrected chi connectivity index (χ4v) is 3.19. The molecule has 2 N–H and O–H groups in total. The number of nitrogens with one attached hydrogen (secondary N) is 2. The second-order valence-electron chi connectivity index (χ2n) is 6.21. The third kappa shape index (κ3) is 3.08. The number of aryl methyl sites for hydroxylation is 2. The first-order chi connectivity index (χ1) is 12.1. The summed E-state index contributed by atoms with van der Waals surface area (Å²) in [6.45, 7) is 4.13. The van der Waals surface area contributed by atoms with Crippen LogP contribution in [0.2, 0.25) is 0 Å². The van der Waals surface area contributed by atoms with Crippen LogP contribution in [0.4, 0.5) is 11.4 Å². The molecule has 4 rings (SSSR count). The molecule has 3 nitrogen and oxygen atoms in total. The van der Waals surface area contributed by atoms with Crippen molar-refractivity contribution in [1.82, 2.24) is 0 Å². The summed E-state index contributed by atoms with van der Waals surface area (Å²) in [4.78, 5) is 0. The van der Waals surface area contributed by atoms with Crippen LogP contribution in [0.15, 0.2) is 65.1 Å². The molecule has 4 aromatic rings. The molecule has 0 atom stereocenters.